The largest absolute Gasteiger partial charge is 0.308 e. The molecule has 0 radical (unpaired) electrons. The van der Waals surface area contributed by atoms with Gasteiger partial charge in [-0.2, -0.15) is 11.8 Å². The zero-order valence-electron chi connectivity index (χ0n) is 16.0. The van der Waals surface area contributed by atoms with Gasteiger partial charge in [-0.1, -0.05) is 42.5 Å². The Morgan fingerprint density at radius 1 is 1.18 bits per heavy atom. The molecule has 0 aliphatic carbocycles. The van der Waals surface area contributed by atoms with Gasteiger partial charge in [-0.3, -0.25) is 9.36 Å². The molecular weight excluding hydrogens is 412 g/mol. The van der Waals surface area contributed by atoms with Gasteiger partial charge in [0.25, 0.3) is 0 Å². The van der Waals surface area contributed by atoms with E-state index in [-0.39, 0.29) is 9.77 Å². The topological polar surface area (TPSA) is 68.2 Å². The first-order valence-corrected chi connectivity index (χ1v) is 12.6. The second-order valence-corrected chi connectivity index (χ2v) is 10.4. The highest BCUT2D eigenvalue weighted by atomic mass is 32.2. The van der Waals surface area contributed by atoms with Crippen molar-refractivity contribution in [1.29, 1.82) is 0 Å². The van der Waals surface area contributed by atoms with Crippen LogP contribution in [0.4, 0.5) is 0 Å². The average Bonchev–Trinajstić information content (AvgIpc) is 2.98. The van der Waals surface area contributed by atoms with Crippen LogP contribution in [0.3, 0.4) is 0 Å². The molecule has 5 nitrogen and oxygen atoms in total. The molecule has 1 heterocycles. The van der Waals surface area contributed by atoms with E-state index >= 15 is 0 Å². The molecule has 1 N–H and O–H groups in total. The molecule has 8 heteroatoms. The smallest absolute Gasteiger partial charge is 0.299 e. The van der Waals surface area contributed by atoms with Gasteiger partial charge < -0.3 is 0 Å². The van der Waals surface area contributed by atoms with Crippen molar-refractivity contribution in [2.75, 3.05) is 12.3 Å². The summed E-state index contributed by atoms with van der Waals surface area (Å²) in [6.45, 7) is 5.10. The third-order valence-electron chi connectivity index (χ3n) is 4.45. The molecule has 0 aliphatic rings. The molecule has 0 unspecified atom stereocenters. The average molecular weight is 437 g/mol. The van der Waals surface area contributed by atoms with E-state index in [0.29, 0.717) is 23.5 Å². The van der Waals surface area contributed by atoms with Crippen LogP contribution in [0, 0.1) is 6.92 Å². The zero-order chi connectivity index (χ0) is 20.1. The molecule has 3 rings (SSSR count). The minimum absolute atomic E-state index is 0.0491. The van der Waals surface area contributed by atoms with Crippen LogP contribution in [-0.2, 0) is 22.3 Å². The molecule has 150 valence electrons. The fourth-order valence-corrected chi connectivity index (χ4v) is 6.09. The highest BCUT2D eigenvalue weighted by Gasteiger charge is 2.16. The van der Waals surface area contributed by atoms with E-state index in [2.05, 4.69) is 23.8 Å². The number of benzene rings is 2. The molecule has 0 fully saturated rings. The van der Waals surface area contributed by atoms with Gasteiger partial charge in [0, 0.05) is 24.6 Å². The Labute approximate surface area is 173 Å². The molecule has 0 spiro atoms. The maximum atomic E-state index is 12.6. The number of fused-ring (bicyclic) bond motifs is 1. The van der Waals surface area contributed by atoms with E-state index < -0.39 is 10.0 Å². The first-order chi connectivity index (χ1) is 13.4. The van der Waals surface area contributed by atoms with Crippen LogP contribution in [-0.4, -0.2) is 25.3 Å². The third kappa shape index (κ3) is 4.86. The number of aryl methyl sites for hydroxylation is 2. The second-order valence-electron chi connectivity index (χ2n) is 6.53. The minimum atomic E-state index is -3.59. The van der Waals surface area contributed by atoms with Crippen LogP contribution in [0.5, 0.6) is 0 Å². The van der Waals surface area contributed by atoms with Gasteiger partial charge in [-0.15, -0.1) is 0 Å². The summed E-state index contributed by atoms with van der Waals surface area (Å²) >= 11 is 2.79. The molecule has 3 aromatic rings. The number of aromatic nitrogens is 1. The predicted molar refractivity (Wildman–Crippen MR) is 119 cm³/mol. The fourth-order valence-electron chi connectivity index (χ4n) is 2.93. The molecule has 0 saturated heterocycles. The summed E-state index contributed by atoms with van der Waals surface area (Å²) in [7, 11) is -3.59. The van der Waals surface area contributed by atoms with Gasteiger partial charge in [-0.05, 0) is 42.7 Å². The Morgan fingerprint density at radius 3 is 2.71 bits per heavy atom. The predicted octanol–water partition coefficient (Wildman–Crippen LogP) is 3.99. The Hall–Kier alpha value is -1.61. The van der Waals surface area contributed by atoms with Crippen molar-refractivity contribution in [3.8, 4) is 0 Å². The van der Waals surface area contributed by atoms with Crippen LogP contribution < -0.4 is 9.60 Å². The maximum absolute atomic E-state index is 12.6. The molecule has 2 aromatic carbocycles. The summed E-state index contributed by atoms with van der Waals surface area (Å²) < 4.78 is 30.2. The standard InChI is InChI=1S/C20H24N2O3S3/c1-3-11-22-18-9-8-17(13-19(18)27-20(22)23)28(24,25)21-10-12-26-14-16-7-5-4-6-15(16)2/h4-9,13,21H,3,10-12,14H2,1-2H3. The number of rotatable bonds is 9. The lowest BCUT2D eigenvalue weighted by molar-refractivity contribution is 0.584. The summed E-state index contributed by atoms with van der Waals surface area (Å²) in [5, 5.41) is 0. The quantitative estimate of drug-likeness (QED) is 0.515. The van der Waals surface area contributed by atoms with Gasteiger partial charge in [0.2, 0.25) is 10.0 Å². The van der Waals surface area contributed by atoms with Gasteiger partial charge in [0.1, 0.15) is 0 Å². The lowest BCUT2D eigenvalue weighted by Gasteiger charge is -2.08. The Morgan fingerprint density at radius 2 is 1.96 bits per heavy atom. The van der Waals surface area contributed by atoms with Gasteiger partial charge in [-0.25, -0.2) is 13.1 Å². The number of thioether (sulfide) groups is 1. The van der Waals surface area contributed by atoms with Crippen molar-refractivity contribution in [2.45, 2.75) is 37.5 Å². The third-order valence-corrected chi connectivity index (χ3v) is 7.86. The molecule has 0 aliphatic heterocycles. The molecule has 28 heavy (non-hydrogen) atoms. The monoisotopic (exact) mass is 436 g/mol. The molecule has 0 amide bonds. The maximum Gasteiger partial charge on any atom is 0.308 e. The lowest BCUT2D eigenvalue weighted by Crippen LogP contribution is -2.26. The van der Waals surface area contributed by atoms with E-state index in [1.165, 1.54) is 11.1 Å². The number of hydrogen-bond donors (Lipinski definition) is 1. The van der Waals surface area contributed by atoms with Crippen LogP contribution in [0.1, 0.15) is 24.5 Å². The van der Waals surface area contributed by atoms with Crippen molar-refractivity contribution in [2.24, 2.45) is 0 Å². The van der Waals surface area contributed by atoms with Crippen molar-refractivity contribution in [1.82, 2.24) is 9.29 Å². The molecule has 0 atom stereocenters. The van der Waals surface area contributed by atoms with E-state index in [1.54, 1.807) is 34.5 Å². The van der Waals surface area contributed by atoms with Crippen molar-refractivity contribution in [3.05, 3.63) is 63.3 Å². The fraction of sp³-hybridized carbons (Fsp3) is 0.350. The highest BCUT2D eigenvalue weighted by molar-refractivity contribution is 7.98. The number of nitrogens with one attached hydrogen (secondary N) is 1. The lowest BCUT2D eigenvalue weighted by atomic mass is 10.1. The summed E-state index contributed by atoms with van der Waals surface area (Å²) in [5.74, 6) is 1.55. The van der Waals surface area contributed by atoms with Crippen LogP contribution >= 0.6 is 23.1 Å². The number of thiazole rings is 1. The van der Waals surface area contributed by atoms with E-state index in [9.17, 15) is 13.2 Å². The minimum Gasteiger partial charge on any atom is -0.299 e. The van der Waals surface area contributed by atoms with Gasteiger partial charge >= 0.3 is 4.87 Å². The normalized spacial score (nSPS) is 11.9. The highest BCUT2D eigenvalue weighted by Crippen LogP contribution is 2.22. The first kappa shape index (κ1) is 21.1. The second kappa shape index (κ2) is 9.26. The number of sulfonamides is 1. The molecule has 0 bridgehead atoms. The van der Waals surface area contributed by atoms with Gasteiger partial charge in [0.05, 0.1) is 15.1 Å². The van der Waals surface area contributed by atoms with Crippen molar-refractivity contribution < 1.29 is 8.42 Å². The van der Waals surface area contributed by atoms with Crippen LogP contribution in [0.25, 0.3) is 10.2 Å². The summed E-state index contributed by atoms with van der Waals surface area (Å²) in [6, 6.07) is 13.1. The number of hydrogen-bond acceptors (Lipinski definition) is 5. The zero-order valence-corrected chi connectivity index (χ0v) is 18.4. The number of nitrogens with zero attached hydrogens (tertiary/aromatic N) is 1. The summed E-state index contributed by atoms with van der Waals surface area (Å²) in [5.41, 5.74) is 3.31. The SMILES string of the molecule is CCCn1c(=O)sc2cc(S(=O)(=O)NCCSCc3ccccc3C)ccc21. The first-order valence-electron chi connectivity index (χ1n) is 9.17. The van der Waals surface area contributed by atoms with E-state index in [1.807, 2.05) is 19.1 Å². The molecule has 1 aromatic heterocycles. The Bertz CT molecular complexity index is 1120. The summed E-state index contributed by atoms with van der Waals surface area (Å²) in [6.07, 6.45) is 0.855. The van der Waals surface area contributed by atoms with E-state index in [0.717, 1.165) is 29.0 Å². The van der Waals surface area contributed by atoms with Crippen LogP contribution in [0.2, 0.25) is 0 Å². The summed E-state index contributed by atoms with van der Waals surface area (Å²) in [4.78, 5) is 12.2. The van der Waals surface area contributed by atoms with Gasteiger partial charge in [0.15, 0.2) is 0 Å². The Kier molecular flexibility index (Phi) is 6.98. The van der Waals surface area contributed by atoms with Crippen molar-refractivity contribution >= 4 is 43.3 Å². The van der Waals surface area contributed by atoms with Crippen LogP contribution in [0.15, 0.2) is 52.2 Å². The molecular formula is C20H24N2O3S3. The molecule has 0 saturated carbocycles. The Balaban J connectivity index is 1.61. The van der Waals surface area contributed by atoms with Crippen molar-refractivity contribution in [3.63, 3.8) is 0 Å². The van der Waals surface area contributed by atoms with E-state index in [4.69, 9.17) is 0 Å².